The van der Waals surface area contributed by atoms with Gasteiger partial charge < -0.3 is 4.90 Å². The largest absolute Gasteiger partial charge is 0.301 e. The monoisotopic (exact) mass is 339 g/mol. The van der Waals surface area contributed by atoms with Gasteiger partial charge >= 0.3 is 0 Å². The van der Waals surface area contributed by atoms with E-state index in [2.05, 4.69) is 20.8 Å². The van der Waals surface area contributed by atoms with E-state index in [1.807, 2.05) is 25.4 Å². The van der Waals surface area contributed by atoms with E-state index in [0.717, 1.165) is 17.6 Å². The van der Waals surface area contributed by atoms with Gasteiger partial charge in [-0.05, 0) is 40.3 Å². The van der Waals surface area contributed by atoms with Gasteiger partial charge in [-0.3, -0.25) is 0 Å². The molecule has 1 aromatic rings. The van der Waals surface area contributed by atoms with Crippen molar-refractivity contribution in [2.45, 2.75) is 13.5 Å². The second-order valence-corrected chi connectivity index (χ2v) is 8.63. The molecule has 0 aliphatic heterocycles. The molecule has 0 radical (unpaired) electrons. The zero-order chi connectivity index (χ0) is 13.1. The molecule has 0 saturated heterocycles. The van der Waals surface area contributed by atoms with Crippen LogP contribution in [0.4, 0.5) is 0 Å². The first-order valence-electron chi connectivity index (χ1n) is 5.36. The number of hydrogen-bond acceptors (Lipinski definition) is 4. The Morgan fingerprint density at radius 3 is 2.65 bits per heavy atom. The lowest BCUT2D eigenvalue weighted by molar-refractivity contribution is 0.291. The zero-order valence-electron chi connectivity index (χ0n) is 10.3. The standard InChI is InChI=1S/C11H18BrNO2S2/c1-9(8-17(3,14)15)6-13(2)7-11-10(12)4-5-16-11/h4-5,9H,6-8H2,1-3H3. The second kappa shape index (κ2) is 6.31. The molecule has 6 heteroatoms. The van der Waals surface area contributed by atoms with Crippen LogP contribution in [0.2, 0.25) is 0 Å². The predicted molar refractivity (Wildman–Crippen MR) is 77.2 cm³/mol. The summed E-state index contributed by atoms with van der Waals surface area (Å²) in [6, 6.07) is 2.04. The molecule has 0 amide bonds. The average Bonchev–Trinajstić information content (AvgIpc) is 2.47. The highest BCUT2D eigenvalue weighted by Gasteiger charge is 2.13. The van der Waals surface area contributed by atoms with E-state index in [9.17, 15) is 8.42 Å². The van der Waals surface area contributed by atoms with Gasteiger partial charge in [0.25, 0.3) is 0 Å². The minimum absolute atomic E-state index is 0.161. The molecule has 98 valence electrons. The average molecular weight is 340 g/mol. The summed E-state index contributed by atoms with van der Waals surface area (Å²) in [5.74, 6) is 0.414. The summed E-state index contributed by atoms with van der Waals surface area (Å²) in [6.07, 6.45) is 1.29. The van der Waals surface area contributed by atoms with Gasteiger partial charge in [-0.25, -0.2) is 8.42 Å². The van der Waals surface area contributed by atoms with E-state index in [1.165, 1.54) is 11.1 Å². The van der Waals surface area contributed by atoms with Crippen molar-refractivity contribution in [3.63, 3.8) is 0 Å². The normalized spacial score (nSPS) is 14.2. The van der Waals surface area contributed by atoms with Crippen LogP contribution < -0.4 is 0 Å². The molecule has 0 fully saturated rings. The van der Waals surface area contributed by atoms with Crippen LogP contribution in [-0.4, -0.2) is 38.9 Å². The number of thiophene rings is 1. The number of sulfone groups is 1. The van der Waals surface area contributed by atoms with Crippen LogP contribution in [0.5, 0.6) is 0 Å². The van der Waals surface area contributed by atoms with Crippen LogP contribution in [0.3, 0.4) is 0 Å². The molecule has 0 aromatic carbocycles. The van der Waals surface area contributed by atoms with Gasteiger partial charge in [0, 0.05) is 28.7 Å². The molecule has 0 bridgehead atoms. The van der Waals surface area contributed by atoms with Crippen molar-refractivity contribution in [3.05, 3.63) is 20.8 Å². The van der Waals surface area contributed by atoms with Crippen LogP contribution >= 0.6 is 27.3 Å². The van der Waals surface area contributed by atoms with Gasteiger partial charge in [-0.15, -0.1) is 11.3 Å². The van der Waals surface area contributed by atoms with E-state index in [4.69, 9.17) is 0 Å². The van der Waals surface area contributed by atoms with E-state index in [0.29, 0.717) is 0 Å². The maximum absolute atomic E-state index is 11.2. The summed E-state index contributed by atoms with van der Waals surface area (Å²) < 4.78 is 23.5. The summed E-state index contributed by atoms with van der Waals surface area (Å²) in [4.78, 5) is 3.44. The van der Waals surface area contributed by atoms with E-state index in [-0.39, 0.29) is 11.7 Å². The van der Waals surface area contributed by atoms with Crippen molar-refractivity contribution in [1.29, 1.82) is 0 Å². The summed E-state index contributed by atoms with van der Waals surface area (Å²) in [5.41, 5.74) is 0. The summed E-state index contributed by atoms with van der Waals surface area (Å²) in [7, 11) is -0.854. The van der Waals surface area contributed by atoms with Gasteiger partial charge in [-0.2, -0.15) is 0 Å². The van der Waals surface area contributed by atoms with Gasteiger partial charge in [0.2, 0.25) is 0 Å². The van der Waals surface area contributed by atoms with Crippen LogP contribution in [0.1, 0.15) is 11.8 Å². The molecule has 0 aliphatic carbocycles. The predicted octanol–water partition coefficient (Wildman–Crippen LogP) is 2.62. The Hall–Kier alpha value is 0.0900. The van der Waals surface area contributed by atoms with Gasteiger partial charge in [-0.1, -0.05) is 6.92 Å². The Balaban J connectivity index is 2.45. The fourth-order valence-electron chi connectivity index (χ4n) is 1.85. The van der Waals surface area contributed by atoms with Gasteiger partial charge in [0.1, 0.15) is 9.84 Å². The third kappa shape index (κ3) is 5.99. The quantitative estimate of drug-likeness (QED) is 0.799. The fourth-order valence-corrected chi connectivity index (χ4v) is 4.55. The number of halogens is 1. The summed E-state index contributed by atoms with van der Waals surface area (Å²) >= 11 is 5.21. The number of nitrogens with zero attached hydrogens (tertiary/aromatic N) is 1. The van der Waals surface area contributed by atoms with Crippen LogP contribution in [0.25, 0.3) is 0 Å². The fraction of sp³-hybridized carbons (Fsp3) is 0.636. The van der Waals surface area contributed by atoms with E-state index in [1.54, 1.807) is 11.3 Å². The van der Waals surface area contributed by atoms with Crippen LogP contribution in [0.15, 0.2) is 15.9 Å². The Labute approximate surface area is 116 Å². The zero-order valence-corrected chi connectivity index (χ0v) is 13.5. The van der Waals surface area contributed by atoms with Crippen LogP contribution in [0, 0.1) is 5.92 Å². The molecular formula is C11H18BrNO2S2. The summed E-state index contributed by atoms with van der Waals surface area (Å²) in [5, 5.41) is 2.05. The lowest BCUT2D eigenvalue weighted by Crippen LogP contribution is -2.27. The number of rotatable bonds is 6. The topological polar surface area (TPSA) is 37.4 Å². The minimum atomic E-state index is -2.87. The minimum Gasteiger partial charge on any atom is -0.301 e. The Bertz CT molecular complexity index is 456. The molecule has 1 aromatic heterocycles. The van der Waals surface area contributed by atoms with Gasteiger partial charge in [0.15, 0.2) is 0 Å². The van der Waals surface area contributed by atoms with Crippen molar-refractivity contribution in [2.75, 3.05) is 25.6 Å². The third-order valence-electron chi connectivity index (χ3n) is 2.32. The molecule has 0 N–H and O–H groups in total. The molecule has 1 rings (SSSR count). The molecule has 1 unspecified atom stereocenters. The Morgan fingerprint density at radius 1 is 1.53 bits per heavy atom. The first-order chi connectivity index (χ1) is 7.78. The molecule has 3 nitrogen and oxygen atoms in total. The van der Waals surface area contributed by atoms with Gasteiger partial charge in [0.05, 0.1) is 5.75 Å². The first-order valence-corrected chi connectivity index (χ1v) is 9.09. The van der Waals surface area contributed by atoms with Crippen molar-refractivity contribution in [1.82, 2.24) is 4.90 Å². The van der Waals surface area contributed by atoms with E-state index < -0.39 is 9.84 Å². The molecule has 17 heavy (non-hydrogen) atoms. The Kier molecular flexibility index (Phi) is 5.63. The van der Waals surface area contributed by atoms with Crippen molar-refractivity contribution in [3.8, 4) is 0 Å². The first kappa shape index (κ1) is 15.1. The summed E-state index contributed by atoms with van der Waals surface area (Å²) in [6.45, 7) is 3.62. The molecule has 1 heterocycles. The lowest BCUT2D eigenvalue weighted by atomic mass is 10.2. The molecular weight excluding hydrogens is 322 g/mol. The molecule has 0 spiro atoms. The molecule has 0 saturated carbocycles. The highest BCUT2D eigenvalue weighted by molar-refractivity contribution is 9.10. The SMILES string of the molecule is CC(CN(C)Cc1sccc1Br)CS(C)(=O)=O. The lowest BCUT2D eigenvalue weighted by Gasteiger charge is -2.20. The Morgan fingerprint density at radius 2 is 2.18 bits per heavy atom. The number of hydrogen-bond donors (Lipinski definition) is 0. The van der Waals surface area contributed by atoms with Crippen molar-refractivity contribution >= 4 is 37.1 Å². The van der Waals surface area contributed by atoms with Crippen LogP contribution in [-0.2, 0) is 16.4 Å². The maximum Gasteiger partial charge on any atom is 0.147 e. The third-order valence-corrected chi connectivity index (χ3v) is 5.40. The van der Waals surface area contributed by atoms with Crippen molar-refractivity contribution < 1.29 is 8.42 Å². The maximum atomic E-state index is 11.2. The molecule has 0 aliphatic rings. The highest BCUT2D eigenvalue weighted by atomic mass is 79.9. The second-order valence-electron chi connectivity index (χ2n) is 4.59. The van der Waals surface area contributed by atoms with Crippen molar-refractivity contribution in [2.24, 2.45) is 5.92 Å². The van der Waals surface area contributed by atoms with E-state index >= 15 is 0 Å². The smallest absolute Gasteiger partial charge is 0.147 e. The highest BCUT2D eigenvalue weighted by Crippen LogP contribution is 2.24. The molecule has 1 atom stereocenters.